The molecule has 7 unspecified atom stereocenters. The number of phosphoric acid groups is 4. The minimum Gasteiger partial charge on any atom is -0.756 e. The van der Waals surface area contributed by atoms with Crippen LogP contribution in [-0.2, 0) is 80.4 Å². The fraction of sp³-hybridized carbons (Fsp3) is 0.571. The van der Waals surface area contributed by atoms with Crippen molar-refractivity contribution < 1.29 is 108 Å². The zero-order valence-electron chi connectivity index (χ0n) is 40.7. The zero-order valence-corrected chi connectivity index (χ0v) is 44.2. The molecule has 0 amide bonds. The van der Waals surface area contributed by atoms with Gasteiger partial charge in [0.25, 0.3) is 48.4 Å². The van der Waals surface area contributed by atoms with E-state index in [4.69, 9.17) is 58.0 Å². The molecule has 0 aliphatic carbocycles. The summed E-state index contributed by atoms with van der Waals surface area (Å²) in [6.45, 7) is -3.45. The number of methoxy groups -OCH3 is 3. The SMILES string of the molecule is CNc1ncnc2c1ncn2[C@@H]1O[C@H](COP(=O)([O-])OP(=O)([O-])OP(=O)([O-])OC[C@H]2O[C@@H]([n+]3cn(C)c4c(=O)[nH]c(N)nc43)[C@@H](OC)C2OC)C(OP(=O)([O-])OC[C@H]2O[C@@H](n3cnc4c(=O)[nH]c(N)nc43)C(O)[C@H]2O)[C@@H]1OC. The molecule has 16 atom stereocenters. The molecule has 3 aliphatic heterocycles. The van der Waals surface area contributed by atoms with Crippen molar-refractivity contribution in [2.45, 2.75) is 73.6 Å². The molecule has 0 radical (unpaired) electrons. The van der Waals surface area contributed by atoms with E-state index in [1.54, 1.807) is 0 Å². The van der Waals surface area contributed by atoms with Gasteiger partial charge in [0.15, 0.2) is 41.4 Å². The highest BCUT2D eigenvalue weighted by Gasteiger charge is 2.52. The number of hydrogen-bond acceptors (Lipinski definition) is 33. The number of H-pyrrole nitrogens is 2. The summed E-state index contributed by atoms with van der Waals surface area (Å²) in [4.78, 5) is 107. The Kier molecular flexibility index (Phi) is 16.3. The number of rotatable bonds is 22. The number of aliphatic hydroxyl groups excluding tert-OH is 2. The normalized spacial score (nSPS) is 29.7. The average molecular weight is 1180 g/mol. The molecule has 9 rings (SSSR count). The highest BCUT2D eigenvalue weighted by atomic mass is 31.3. The van der Waals surface area contributed by atoms with E-state index < -0.39 is 136 Å². The molecule has 3 fully saturated rings. The number of anilines is 3. The van der Waals surface area contributed by atoms with Gasteiger partial charge < -0.3 is 93.1 Å². The minimum atomic E-state index is -6.54. The topological polar surface area (TPSA) is 538 Å². The molecule has 43 heteroatoms. The van der Waals surface area contributed by atoms with Crippen molar-refractivity contribution in [1.82, 2.24) is 53.6 Å². The van der Waals surface area contributed by atoms with Crippen molar-refractivity contribution >= 4 is 82.5 Å². The van der Waals surface area contributed by atoms with Gasteiger partial charge in [-0.2, -0.15) is 4.98 Å². The Hall–Kier alpha value is -5.15. The lowest BCUT2D eigenvalue weighted by Gasteiger charge is -2.35. The number of nitrogens with one attached hydrogen (secondary N) is 3. The molecule has 428 valence electrons. The van der Waals surface area contributed by atoms with E-state index >= 15 is 0 Å². The van der Waals surface area contributed by atoms with Crippen molar-refractivity contribution in [3.8, 4) is 0 Å². The van der Waals surface area contributed by atoms with E-state index in [0.29, 0.717) is 0 Å². The maximum Gasteiger partial charge on any atom is 0.313 e. The van der Waals surface area contributed by atoms with Crippen LogP contribution in [0.15, 0.2) is 34.9 Å². The molecule has 9 N–H and O–H groups in total. The van der Waals surface area contributed by atoms with Crippen LogP contribution < -0.4 is 52.0 Å². The molecule has 6 aromatic rings. The molecule has 78 heavy (non-hydrogen) atoms. The maximum atomic E-state index is 13.6. The largest absolute Gasteiger partial charge is 0.756 e. The Morgan fingerprint density at radius 1 is 0.692 bits per heavy atom. The molecule has 6 aromatic heterocycles. The third-order valence-corrected chi connectivity index (χ3v) is 17.3. The highest BCUT2D eigenvalue weighted by molar-refractivity contribution is 7.65. The summed E-state index contributed by atoms with van der Waals surface area (Å²) in [5, 5.41) is 24.5. The quantitative estimate of drug-likeness (QED) is 0.0246. The number of hydrogen-bond donors (Lipinski definition) is 7. The number of aliphatic hydroxyl groups is 2. The van der Waals surface area contributed by atoms with Crippen LogP contribution in [0, 0.1) is 0 Å². The maximum absolute atomic E-state index is 13.6. The highest BCUT2D eigenvalue weighted by Crippen LogP contribution is 2.63. The zero-order chi connectivity index (χ0) is 56.4. The van der Waals surface area contributed by atoms with Gasteiger partial charge in [-0.25, -0.2) is 33.1 Å². The summed E-state index contributed by atoms with van der Waals surface area (Å²) >= 11 is 0. The van der Waals surface area contributed by atoms with Gasteiger partial charge in [0.1, 0.15) is 66.8 Å². The molecule has 0 aromatic carbocycles. The Balaban J connectivity index is 0.876. The van der Waals surface area contributed by atoms with Crippen LogP contribution in [0.5, 0.6) is 0 Å². The fourth-order valence-electron chi connectivity index (χ4n) is 8.93. The third-order valence-electron chi connectivity index (χ3n) is 12.2. The number of ether oxygens (including phenoxy) is 6. The van der Waals surface area contributed by atoms with E-state index in [0.717, 1.165) is 24.3 Å². The van der Waals surface area contributed by atoms with Gasteiger partial charge in [-0.3, -0.25) is 51.5 Å². The number of nitrogen functional groups attached to an aromatic ring is 2. The molecule has 9 heterocycles. The van der Waals surface area contributed by atoms with Gasteiger partial charge >= 0.3 is 5.65 Å². The van der Waals surface area contributed by atoms with Crippen molar-refractivity contribution in [3.05, 3.63) is 46.0 Å². The van der Waals surface area contributed by atoms with E-state index in [9.17, 15) is 57.6 Å². The number of nitrogens with two attached hydrogens (primary N) is 2. The summed E-state index contributed by atoms with van der Waals surface area (Å²) in [5.41, 5.74) is 10.0. The predicted molar refractivity (Wildman–Crippen MR) is 245 cm³/mol. The molecular weight excluding hydrogens is 1140 g/mol. The molecule has 0 bridgehead atoms. The average Bonchev–Trinajstić information content (AvgIpc) is 4.32. The van der Waals surface area contributed by atoms with Crippen LogP contribution in [-0.4, -0.2) is 167 Å². The molecular formula is C35H46N15O24P4-3. The smallest absolute Gasteiger partial charge is 0.313 e. The van der Waals surface area contributed by atoms with Crippen LogP contribution >= 0.6 is 31.3 Å². The summed E-state index contributed by atoms with van der Waals surface area (Å²) in [5.74, 6) is -0.340. The molecule has 3 saturated heterocycles. The van der Waals surface area contributed by atoms with Crippen molar-refractivity contribution in [2.24, 2.45) is 7.05 Å². The molecule has 0 saturated carbocycles. The number of aromatic nitrogens is 12. The van der Waals surface area contributed by atoms with Crippen molar-refractivity contribution in [1.29, 1.82) is 0 Å². The van der Waals surface area contributed by atoms with Gasteiger partial charge in [0.2, 0.25) is 17.7 Å². The van der Waals surface area contributed by atoms with Gasteiger partial charge in [-0.1, -0.05) is 4.98 Å². The lowest BCUT2D eigenvalue weighted by Crippen LogP contribution is -2.47. The predicted octanol–water partition coefficient (Wildman–Crippen LogP) is -5.47. The lowest BCUT2D eigenvalue weighted by atomic mass is 10.1. The summed E-state index contributed by atoms with van der Waals surface area (Å²) < 4.78 is 120. The molecule has 39 nitrogen and oxygen atoms in total. The van der Waals surface area contributed by atoms with Crippen LogP contribution in [0.25, 0.3) is 33.5 Å². The Morgan fingerprint density at radius 2 is 1.26 bits per heavy atom. The Bertz CT molecular complexity index is 3530. The number of nitrogens with zero attached hydrogens (tertiary/aromatic N) is 10. The van der Waals surface area contributed by atoms with Gasteiger partial charge in [0, 0.05) is 28.4 Å². The molecule has 0 spiro atoms. The van der Waals surface area contributed by atoms with E-state index in [1.807, 2.05) is 0 Å². The van der Waals surface area contributed by atoms with Crippen LogP contribution in [0.2, 0.25) is 0 Å². The first-order valence-corrected chi connectivity index (χ1v) is 28.2. The van der Waals surface area contributed by atoms with Gasteiger partial charge in [0.05, 0.1) is 39.5 Å². The van der Waals surface area contributed by atoms with Crippen molar-refractivity contribution in [3.63, 3.8) is 0 Å². The first-order chi connectivity index (χ1) is 36.8. The monoisotopic (exact) mass is 1180 g/mol. The summed E-state index contributed by atoms with van der Waals surface area (Å²) in [6.07, 6.45) is -13.8. The van der Waals surface area contributed by atoms with Crippen LogP contribution in [0.3, 0.4) is 0 Å². The fourth-order valence-corrected chi connectivity index (χ4v) is 13.3. The standard InChI is InChI=1S/C35H49N15O24P4/c1-38-25-16-26(40-9-39-25)48(10-41-16)32-24(65-5)22(72-75(55,56)66-6-13-19(51)20(52)31(69-13)49-11-42-17-27(49)43-34(36)45-29(17)53)15(71-32)8-68-77(59,60)74-78(61,62)73-76(57,58)67-7-14-21(63-3)23(64-4)33(70-14)50-12-47(2)18-28(50)44-35(37)46-30(18)54/h9-15,19-24,31-33,51-52H,6-8H2,1-5H3,(H10-,36,37,38,39,40,43,44,45,46,53,54,55,56,57,58,59,60,61,62)/p-3/t13-,14-,15-,19+,20?,21?,22?,23+,24+,31-,32-,33-/m1/s1. The molecule has 3 aliphatic rings. The lowest BCUT2D eigenvalue weighted by molar-refractivity contribution is -0.746. The van der Waals surface area contributed by atoms with Crippen LogP contribution in [0.1, 0.15) is 18.7 Å². The second-order valence-electron chi connectivity index (χ2n) is 17.0. The van der Waals surface area contributed by atoms with Gasteiger partial charge in [-0.05, 0) is 0 Å². The number of fused-ring (bicyclic) bond motifs is 3. The Labute approximate surface area is 434 Å². The second-order valence-corrected chi connectivity index (χ2v) is 22.9. The van der Waals surface area contributed by atoms with E-state index in [2.05, 4.69) is 53.8 Å². The Morgan fingerprint density at radius 3 is 1.90 bits per heavy atom. The van der Waals surface area contributed by atoms with Gasteiger partial charge in [-0.15, -0.1) is 0 Å². The van der Waals surface area contributed by atoms with Crippen molar-refractivity contribution in [2.75, 3.05) is 65.0 Å². The number of phosphoric ester groups is 3. The first kappa shape index (κ1) is 57.5. The number of aryl methyl sites for hydroxylation is 1. The number of aromatic amines is 2. The summed E-state index contributed by atoms with van der Waals surface area (Å²) in [7, 11) is -18.1. The first-order valence-electron chi connectivity index (χ1n) is 22.3. The van der Waals surface area contributed by atoms with E-state index in [-0.39, 0.29) is 51.2 Å². The number of imidazole rings is 3. The van der Waals surface area contributed by atoms with Crippen LogP contribution in [0.4, 0.5) is 17.7 Å². The third kappa shape index (κ3) is 11.4. The summed E-state index contributed by atoms with van der Waals surface area (Å²) in [6, 6.07) is 0. The van der Waals surface area contributed by atoms with E-state index in [1.165, 1.54) is 54.7 Å². The second kappa shape index (κ2) is 22.1. The minimum absolute atomic E-state index is 0.0243.